The van der Waals surface area contributed by atoms with Crippen molar-refractivity contribution >= 4 is 23.7 Å². The molecule has 144 valence electrons. The quantitative estimate of drug-likeness (QED) is 0.493. The maximum atomic E-state index is 13.2. The van der Waals surface area contributed by atoms with E-state index in [1.165, 1.54) is 12.1 Å². The summed E-state index contributed by atoms with van der Waals surface area (Å²) in [5, 5.41) is 4.43. The van der Waals surface area contributed by atoms with E-state index in [-0.39, 0.29) is 12.4 Å². The number of aromatic nitrogens is 1. The zero-order chi connectivity index (χ0) is 20.1. The highest BCUT2D eigenvalue weighted by Crippen LogP contribution is 2.23. The number of rotatable bonds is 6. The molecule has 7 heteroatoms. The van der Waals surface area contributed by atoms with Gasteiger partial charge in [0.1, 0.15) is 11.6 Å². The van der Waals surface area contributed by atoms with Crippen molar-refractivity contribution in [2.75, 3.05) is 6.61 Å². The Bertz CT molecular complexity index is 1010. The van der Waals surface area contributed by atoms with Gasteiger partial charge in [0.2, 0.25) is 0 Å². The first kappa shape index (κ1) is 19.6. The Kier molecular flexibility index (Phi) is 6.11. The van der Waals surface area contributed by atoms with Crippen molar-refractivity contribution in [3.8, 4) is 11.4 Å². The average Bonchev–Trinajstić information content (AvgIpc) is 2.95. The Morgan fingerprint density at radius 3 is 2.64 bits per heavy atom. The number of hydrogen-bond donors (Lipinski definition) is 1. The Morgan fingerprint density at radius 2 is 1.93 bits per heavy atom. The molecule has 2 aromatic carbocycles. The van der Waals surface area contributed by atoms with Gasteiger partial charge in [-0.2, -0.15) is 5.10 Å². The minimum atomic E-state index is -0.400. The Hall–Kier alpha value is -3.12. The number of aryl methyl sites for hydroxylation is 1. The number of para-hydroxylation sites is 1. The summed E-state index contributed by atoms with van der Waals surface area (Å²) in [7, 11) is 0. The second kappa shape index (κ2) is 8.71. The number of carbonyl (C=O) groups excluding carboxylic acids is 1. The van der Waals surface area contributed by atoms with Gasteiger partial charge in [0.05, 0.1) is 11.2 Å². The smallest absolute Gasteiger partial charge is 0.277 e. The number of ether oxygens (including phenoxy) is 1. The molecule has 1 aromatic heterocycles. The highest BCUT2D eigenvalue weighted by molar-refractivity contribution is 6.32. The van der Waals surface area contributed by atoms with E-state index in [1.54, 1.807) is 42.6 Å². The van der Waals surface area contributed by atoms with Crippen LogP contribution in [0.1, 0.15) is 17.0 Å². The minimum absolute atomic E-state index is 0.199. The van der Waals surface area contributed by atoms with E-state index < -0.39 is 5.91 Å². The fourth-order valence-corrected chi connectivity index (χ4v) is 3.01. The molecule has 0 radical (unpaired) electrons. The fourth-order valence-electron chi connectivity index (χ4n) is 2.82. The molecular weight excluding hydrogens is 381 g/mol. The molecule has 1 N–H and O–H groups in total. The van der Waals surface area contributed by atoms with Crippen LogP contribution in [0.2, 0.25) is 5.02 Å². The molecule has 0 aliphatic heterocycles. The molecule has 1 amide bonds. The lowest BCUT2D eigenvalue weighted by Gasteiger charge is -2.09. The third-order valence-corrected chi connectivity index (χ3v) is 4.46. The topological polar surface area (TPSA) is 55.6 Å². The first-order chi connectivity index (χ1) is 13.5. The van der Waals surface area contributed by atoms with Gasteiger partial charge in [0, 0.05) is 22.6 Å². The number of hydrogen-bond acceptors (Lipinski definition) is 3. The lowest BCUT2D eigenvalue weighted by molar-refractivity contribution is -0.123. The molecule has 28 heavy (non-hydrogen) atoms. The summed E-state index contributed by atoms with van der Waals surface area (Å²) in [6.45, 7) is 3.68. The predicted molar refractivity (Wildman–Crippen MR) is 108 cm³/mol. The number of halogens is 2. The Labute approximate surface area is 167 Å². The van der Waals surface area contributed by atoms with Gasteiger partial charge in [-0.1, -0.05) is 23.7 Å². The van der Waals surface area contributed by atoms with Crippen LogP contribution >= 0.6 is 11.6 Å². The second-order valence-corrected chi connectivity index (χ2v) is 6.56. The summed E-state index contributed by atoms with van der Waals surface area (Å²) < 4.78 is 20.5. The molecule has 5 nitrogen and oxygen atoms in total. The molecule has 0 saturated heterocycles. The maximum Gasteiger partial charge on any atom is 0.277 e. The van der Waals surface area contributed by atoms with Crippen molar-refractivity contribution in [1.29, 1.82) is 0 Å². The first-order valence-corrected chi connectivity index (χ1v) is 8.97. The van der Waals surface area contributed by atoms with Crippen molar-refractivity contribution in [2.45, 2.75) is 13.8 Å². The van der Waals surface area contributed by atoms with Crippen molar-refractivity contribution in [3.05, 3.63) is 82.4 Å². The van der Waals surface area contributed by atoms with Gasteiger partial charge in [0.25, 0.3) is 5.91 Å². The largest absolute Gasteiger partial charge is 0.482 e. The molecule has 3 aromatic rings. The lowest BCUT2D eigenvalue weighted by atomic mass is 10.2. The van der Waals surface area contributed by atoms with Gasteiger partial charge >= 0.3 is 0 Å². The van der Waals surface area contributed by atoms with Crippen LogP contribution in [0.5, 0.6) is 5.75 Å². The first-order valence-electron chi connectivity index (χ1n) is 8.60. The minimum Gasteiger partial charge on any atom is -0.482 e. The standard InChI is InChI=1S/C21H19ClFN3O2/c1-14-11-16(15(2)26(14)18-9-7-17(23)8-10-18)12-24-25-21(27)13-28-20-6-4-3-5-19(20)22/h3-12H,13H2,1-2H3,(H,25,27)/b24-12-. The zero-order valence-electron chi connectivity index (χ0n) is 15.4. The molecule has 0 bridgehead atoms. The molecule has 0 saturated carbocycles. The molecule has 0 aliphatic rings. The molecule has 0 aliphatic carbocycles. The maximum absolute atomic E-state index is 13.2. The van der Waals surface area contributed by atoms with Crippen LogP contribution < -0.4 is 10.2 Å². The summed E-state index contributed by atoms with van der Waals surface area (Å²) >= 11 is 5.98. The number of nitrogens with one attached hydrogen (secondary N) is 1. The van der Waals surface area contributed by atoms with Gasteiger partial charge < -0.3 is 9.30 Å². The summed E-state index contributed by atoms with van der Waals surface area (Å²) in [6, 6.07) is 15.1. The number of hydrazone groups is 1. The average molecular weight is 400 g/mol. The highest BCUT2D eigenvalue weighted by Gasteiger charge is 2.10. The van der Waals surface area contributed by atoms with Gasteiger partial charge in [-0.25, -0.2) is 9.82 Å². The highest BCUT2D eigenvalue weighted by atomic mass is 35.5. The van der Waals surface area contributed by atoms with Crippen LogP contribution in [0.15, 0.2) is 59.7 Å². The van der Waals surface area contributed by atoms with Crippen molar-refractivity contribution in [1.82, 2.24) is 9.99 Å². The molecule has 0 fully saturated rings. The molecule has 3 rings (SSSR count). The van der Waals surface area contributed by atoms with E-state index in [1.807, 2.05) is 24.5 Å². The van der Waals surface area contributed by atoms with Gasteiger partial charge in [-0.15, -0.1) is 0 Å². The van der Waals surface area contributed by atoms with Crippen LogP contribution in [0.3, 0.4) is 0 Å². The van der Waals surface area contributed by atoms with Crippen LogP contribution in [0.4, 0.5) is 4.39 Å². The monoisotopic (exact) mass is 399 g/mol. The molecule has 1 heterocycles. The van der Waals surface area contributed by atoms with Crippen molar-refractivity contribution < 1.29 is 13.9 Å². The number of nitrogens with zero attached hydrogens (tertiary/aromatic N) is 2. The summed E-state index contributed by atoms with van der Waals surface area (Å²) in [4.78, 5) is 11.9. The summed E-state index contributed by atoms with van der Waals surface area (Å²) in [5.74, 6) is -0.246. The van der Waals surface area contributed by atoms with E-state index in [9.17, 15) is 9.18 Å². The van der Waals surface area contributed by atoms with Gasteiger partial charge in [-0.3, -0.25) is 4.79 Å². The summed E-state index contributed by atoms with van der Waals surface area (Å²) in [6.07, 6.45) is 1.57. The van der Waals surface area contributed by atoms with E-state index in [0.717, 1.165) is 22.6 Å². The number of carbonyl (C=O) groups is 1. The van der Waals surface area contributed by atoms with Crippen LogP contribution in [-0.4, -0.2) is 23.3 Å². The fraction of sp³-hybridized carbons (Fsp3) is 0.143. The molecule has 0 spiro atoms. The Morgan fingerprint density at radius 1 is 1.21 bits per heavy atom. The summed E-state index contributed by atoms with van der Waals surface area (Å²) in [5.41, 5.74) is 6.02. The predicted octanol–water partition coefficient (Wildman–Crippen LogP) is 4.42. The second-order valence-electron chi connectivity index (χ2n) is 6.15. The van der Waals surface area contributed by atoms with E-state index in [2.05, 4.69) is 10.5 Å². The molecule has 0 unspecified atom stereocenters. The normalized spacial score (nSPS) is 11.0. The third-order valence-electron chi connectivity index (χ3n) is 4.14. The lowest BCUT2D eigenvalue weighted by Crippen LogP contribution is -2.24. The van der Waals surface area contributed by atoms with E-state index in [0.29, 0.717) is 10.8 Å². The Balaban J connectivity index is 1.63. The van der Waals surface area contributed by atoms with E-state index in [4.69, 9.17) is 16.3 Å². The van der Waals surface area contributed by atoms with E-state index >= 15 is 0 Å². The van der Waals surface area contributed by atoms with Crippen molar-refractivity contribution in [3.63, 3.8) is 0 Å². The van der Waals surface area contributed by atoms with Crippen LogP contribution in [0.25, 0.3) is 5.69 Å². The third kappa shape index (κ3) is 4.58. The SMILES string of the molecule is Cc1cc(/C=N\NC(=O)COc2ccccc2Cl)c(C)n1-c1ccc(F)cc1. The number of benzene rings is 2. The molecule has 0 atom stereocenters. The number of amides is 1. The van der Waals surface area contributed by atoms with Gasteiger partial charge in [0.15, 0.2) is 6.61 Å². The van der Waals surface area contributed by atoms with Gasteiger partial charge in [-0.05, 0) is 56.3 Å². The van der Waals surface area contributed by atoms with Crippen LogP contribution in [-0.2, 0) is 4.79 Å². The van der Waals surface area contributed by atoms with Crippen molar-refractivity contribution in [2.24, 2.45) is 5.10 Å². The van der Waals surface area contributed by atoms with Crippen LogP contribution in [0, 0.1) is 19.7 Å². The zero-order valence-corrected chi connectivity index (χ0v) is 16.2. The molecular formula is C21H19ClFN3O2.